The number of hydrogen-bond donors (Lipinski definition) is 2. The van der Waals surface area contributed by atoms with E-state index in [0.717, 1.165) is 12.0 Å². The third-order valence-electron chi connectivity index (χ3n) is 11.2. The minimum Gasteiger partial charge on any atom is -0.462 e. The molecule has 3 fully saturated rings. The maximum absolute atomic E-state index is 14.3. The second-order valence-electron chi connectivity index (χ2n) is 15.8. The van der Waals surface area contributed by atoms with Gasteiger partial charge in [0.05, 0.1) is 24.7 Å². The van der Waals surface area contributed by atoms with Gasteiger partial charge in [0.2, 0.25) is 5.79 Å². The van der Waals surface area contributed by atoms with Crippen LogP contribution in [0.3, 0.4) is 0 Å². The summed E-state index contributed by atoms with van der Waals surface area (Å²) in [6.45, 7) is 16.0. The Balaban J connectivity index is 1.51. The molecule has 0 aromatic heterocycles. The molecule has 1 aliphatic carbocycles. The zero-order valence-electron chi connectivity index (χ0n) is 30.7. The molecule has 10 heteroatoms. The highest BCUT2D eigenvalue weighted by atomic mass is 16.7. The van der Waals surface area contributed by atoms with Gasteiger partial charge in [-0.15, -0.1) is 0 Å². The molecule has 13 atom stereocenters. The van der Waals surface area contributed by atoms with Crippen molar-refractivity contribution in [2.75, 3.05) is 13.7 Å². The first-order valence-electron chi connectivity index (χ1n) is 18.1. The first kappa shape index (κ1) is 37.9. The summed E-state index contributed by atoms with van der Waals surface area (Å²) in [6.07, 6.45) is 6.94. The maximum Gasteiger partial charge on any atom is 0.316 e. The molecule has 4 heterocycles. The molecule has 2 N–H and O–H groups in total. The average molecular weight is 687 g/mol. The number of carbonyl (C=O) groups excluding carboxylic acids is 2. The predicted octanol–water partition coefficient (Wildman–Crippen LogP) is 5.36. The lowest BCUT2D eigenvalue weighted by Crippen LogP contribution is -2.67. The third-order valence-corrected chi connectivity index (χ3v) is 11.2. The second kappa shape index (κ2) is 15.1. The molecule has 3 saturated heterocycles. The van der Waals surface area contributed by atoms with Crippen LogP contribution in [0.15, 0.2) is 47.1 Å². The number of carbonyl (C=O) groups is 2. The van der Waals surface area contributed by atoms with E-state index in [0.29, 0.717) is 30.8 Å². The van der Waals surface area contributed by atoms with E-state index >= 15 is 0 Å². The molecule has 0 unspecified atom stereocenters. The van der Waals surface area contributed by atoms with Gasteiger partial charge in [0.15, 0.2) is 0 Å². The monoisotopic (exact) mass is 686 g/mol. The Bertz CT molecular complexity index is 1350. The van der Waals surface area contributed by atoms with Gasteiger partial charge >= 0.3 is 11.9 Å². The van der Waals surface area contributed by atoms with Crippen LogP contribution in [0.1, 0.15) is 87.5 Å². The molecular formula is C39H58O10. The van der Waals surface area contributed by atoms with Gasteiger partial charge in [0, 0.05) is 25.9 Å². The van der Waals surface area contributed by atoms with Crippen molar-refractivity contribution in [3.63, 3.8) is 0 Å². The average Bonchev–Trinajstić information content (AvgIpc) is 3.36. The number of aliphatic hydroxyl groups is 2. The molecule has 1 spiro atoms. The fraction of sp³-hybridized carbons (Fsp3) is 0.744. The number of hydrogen-bond acceptors (Lipinski definition) is 10. The van der Waals surface area contributed by atoms with Gasteiger partial charge in [0.1, 0.15) is 42.0 Å². The van der Waals surface area contributed by atoms with Crippen molar-refractivity contribution in [3.05, 3.63) is 47.1 Å². The van der Waals surface area contributed by atoms with E-state index in [4.69, 9.17) is 28.4 Å². The molecule has 0 saturated carbocycles. The van der Waals surface area contributed by atoms with Crippen LogP contribution in [-0.2, 0) is 38.0 Å². The van der Waals surface area contributed by atoms with Gasteiger partial charge < -0.3 is 38.6 Å². The van der Waals surface area contributed by atoms with E-state index in [1.807, 2.05) is 39.8 Å². The van der Waals surface area contributed by atoms with Gasteiger partial charge in [-0.3, -0.25) is 9.59 Å². The molecule has 2 bridgehead atoms. The predicted molar refractivity (Wildman–Crippen MR) is 183 cm³/mol. The topological polar surface area (TPSA) is 130 Å². The molecule has 49 heavy (non-hydrogen) atoms. The van der Waals surface area contributed by atoms with Crippen LogP contribution in [0.5, 0.6) is 0 Å². The van der Waals surface area contributed by atoms with E-state index in [9.17, 15) is 19.8 Å². The highest BCUT2D eigenvalue weighted by Crippen LogP contribution is 2.48. The molecular weight excluding hydrogens is 628 g/mol. The lowest BCUT2D eigenvalue weighted by Gasteiger charge is -2.53. The summed E-state index contributed by atoms with van der Waals surface area (Å²) in [5.74, 6) is -3.74. The lowest BCUT2D eigenvalue weighted by atomic mass is 9.70. The van der Waals surface area contributed by atoms with E-state index < -0.39 is 66.0 Å². The van der Waals surface area contributed by atoms with Crippen LogP contribution in [-0.4, -0.2) is 90.0 Å². The summed E-state index contributed by atoms with van der Waals surface area (Å²) in [6, 6.07) is 0. The van der Waals surface area contributed by atoms with Crippen LogP contribution < -0.4 is 0 Å². The fourth-order valence-electron chi connectivity index (χ4n) is 8.45. The first-order valence-corrected chi connectivity index (χ1v) is 18.1. The molecule has 4 aliphatic heterocycles. The fourth-order valence-corrected chi connectivity index (χ4v) is 8.45. The minimum absolute atomic E-state index is 0.0305. The van der Waals surface area contributed by atoms with Gasteiger partial charge in [-0.05, 0) is 63.0 Å². The molecule has 274 valence electrons. The smallest absolute Gasteiger partial charge is 0.316 e. The summed E-state index contributed by atoms with van der Waals surface area (Å²) < 4.78 is 37.4. The Morgan fingerprint density at radius 3 is 2.55 bits per heavy atom. The second-order valence-corrected chi connectivity index (χ2v) is 15.8. The van der Waals surface area contributed by atoms with E-state index in [1.165, 1.54) is 5.57 Å². The summed E-state index contributed by atoms with van der Waals surface area (Å²) in [7, 11) is 1.57. The summed E-state index contributed by atoms with van der Waals surface area (Å²) in [4.78, 5) is 27.5. The van der Waals surface area contributed by atoms with Gasteiger partial charge in [-0.25, -0.2) is 0 Å². The maximum atomic E-state index is 14.3. The number of allylic oxidation sites excluding steroid dienone is 4. The van der Waals surface area contributed by atoms with Crippen LogP contribution in [0.2, 0.25) is 0 Å². The first-order chi connectivity index (χ1) is 23.1. The summed E-state index contributed by atoms with van der Waals surface area (Å²) in [5, 5.41) is 24.4. The van der Waals surface area contributed by atoms with Crippen LogP contribution in [0, 0.1) is 29.6 Å². The summed E-state index contributed by atoms with van der Waals surface area (Å²) in [5.41, 5.74) is 0.840. The van der Waals surface area contributed by atoms with Crippen LogP contribution in [0.4, 0.5) is 0 Å². The SMILES string of the molecule is CO[C@@H]1C(C)=C[C@H]2C(=O)O[C@H]3C[C@@H](C/C=C(\C)C[C@@H](C)/C=C/C=C4\CO[C@H]1[C@@]42O)O[C@@]1(C3)O[C@H](C)[C@@H](C)[C@H](OC(=O)[C@H](C)CC(C)C)[C@H]1O. The molecule has 0 amide bonds. The lowest BCUT2D eigenvalue weighted by molar-refractivity contribution is -0.383. The van der Waals surface area contributed by atoms with Crippen molar-refractivity contribution in [1.82, 2.24) is 0 Å². The van der Waals surface area contributed by atoms with Crippen molar-refractivity contribution in [2.45, 2.75) is 142 Å². The van der Waals surface area contributed by atoms with E-state index in [1.54, 1.807) is 13.2 Å². The number of ether oxygens (including phenoxy) is 6. The molecule has 0 aromatic rings. The van der Waals surface area contributed by atoms with Crippen molar-refractivity contribution in [3.8, 4) is 0 Å². The van der Waals surface area contributed by atoms with Crippen LogP contribution in [0.25, 0.3) is 0 Å². The molecule has 5 rings (SSSR count). The zero-order valence-corrected chi connectivity index (χ0v) is 30.7. The van der Waals surface area contributed by atoms with Crippen molar-refractivity contribution in [1.29, 1.82) is 0 Å². The quantitative estimate of drug-likeness (QED) is 0.288. The Morgan fingerprint density at radius 2 is 1.86 bits per heavy atom. The number of esters is 2. The number of rotatable bonds is 5. The number of aliphatic hydroxyl groups excluding tert-OH is 1. The van der Waals surface area contributed by atoms with Crippen LogP contribution >= 0.6 is 0 Å². The van der Waals surface area contributed by atoms with Gasteiger partial charge in [-0.2, -0.15) is 0 Å². The standard InChI is InChI=1S/C39H58O10/c1-21(2)15-25(6)36(41)47-33-26(7)27(8)48-38(34(33)40)19-30-18-29(49-38)14-13-23(4)16-22(3)11-10-12-28-20-45-35-32(44-9)24(5)17-31(37(42)46-30)39(28,35)43/h10-13,17,21-22,25-27,29-35,40,43H,14-16,18-20H2,1-9H3/b11-10+,23-13+,28-12+/t22-,25+,26+,27+,29+,30-,31-,32+,33-,34+,35+,38+,39+/m0/s1. The Labute approximate surface area is 291 Å². The molecule has 5 aliphatic rings. The van der Waals surface area contributed by atoms with E-state index in [2.05, 4.69) is 39.8 Å². The third kappa shape index (κ3) is 7.65. The minimum atomic E-state index is -1.68. The van der Waals surface area contributed by atoms with Gasteiger partial charge in [-0.1, -0.05) is 70.6 Å². The summed E-state index contributed by atoms with van der Waals surface area (Å²) >= 11 is 0. The highest BCUT2D eigenvalue weighted by Gasteiger charge is 2.62. The molecule has 0 aromatic carbocycles. The molecule has 10 nitrogen and oxygen atoms in total. The van der Waals surface area contributed by atoms with Gasteiger partial charge in [0.25, 0.3) is 0 Å². The number of fused-ring (bicyclic) bond motifs is 2. The van der Waals surface area contributed by atoms with Crippen molar-refractivity contribution < 1.29 is 48.2 Å². The van der Waals surface area contributed by atoms with Crippen molar-refractivity contribution in [2.24, 2.45) is 29.6 Å². The Kier molecular flexibility index (Phi) is 11.7. The zero-order chi connectivity index (χ0) is 35.8. The Hall–Kier alpha value is -2.34. The largest absolute Gasteiger partial charge is 0.462 e. The van der Waals surface area contributed by atoms with Crippen molar-refractivity contribution >= 4 is 11.9 Å². The Morgan fingerprint density at radius 1 is 1.12 bits per heavy atom. The molecule has 0 radical (unpaired) electrons. The number of methoxy groups -OCH3 is 1. The normalized spacial score (nSPS) is 44.9. The highest BCUT2D eigenvalue weighted by molar-refractivity contribution is 5.78. The van der Waals surface area contributed by atoms with E-state index in [-0.39, 0.29) is 36.8 Å².